The van der Waals surface area contributed by atoms with Gasteiger partial charge >= 0.3 is 6.18 Å². The van der Waals surface area contributed by atoms with E-state index < -0.39 is 12.2 Å². The third kappa shape index (κ3) is 4.82. The molecule has 1 aromatic heterocycles. The zero-order valence-corrected chi connectivity index (χ0v) is 16.2. The van der Waals surface area contributed by atoms with Gasteiger partial charge in [0.1, 0.15) is 17.7 Å². The summed E-state index contributed by atoms with van der Waals surface area (Å²) in [5, 5.41) is 2.54. The average Bonchev–Trinajstić information content (AvgIpc) is 2.69. The monoisotopic (exact) mass is 419 g/mol. The summed E-state index contributed by atoms with van der Waals surface area (Å²) in [6, 6.07) is 5.04. The number of rotatable bonds is 5. The number of fused-ring (bicyclic) bond motifs is 1. The smallest absolute Gasteiger partial charge is 0.404 e. The van der Waals surface area contributed by atoms with Crippen LogP contribution in [0.3, 0.4) is 0 Å². The third-order valence-corrected chi connectivity index (χ3v) is 4.92. The highest BCUT2D eigenvalue weighted by Crippen LogP contribution is 2.37. The number of benzene rings is 1. The lowest BCUT2D eigenvalue weighted by Gasteiger charge is -2.29. The second-order valence-electron chi connectivity index (χ2n) is 7.11. The fraction of sp³-hybridized carbons (Fsp3) is 0.300. The molecule has 1 unspecified atom stereocenters. The van der Waals surface area contributed by atoms with Crippen LogP contribution in [0, 0.1) is 0 Å². The standard InChI is InChI=1S/C20H24F3N7/c21-20(22,23)18-15-6-11(1-2-13(15)3-4-29-18)9-28-10-12(8-24)5-14-7-16(25)30-19(27)17(14)26/h1-2,6-8,10,18,29H,3-5,9,24,26H2,(H4,25,27,30). The van der Waals surface area contributed by atoms with Gasteiger partial charge in [0.2, 0.25) is 0 Å². The Kier molecular flexibility index (Phi) is 6.16. The van der Waals surface area contributed by atoms with Crippen LogP contribution < -0.4 is 28.3 Å². The minimum Gasteiger partial charge on any atom is -0.404 e. The fourth-order valence-corrected chi connectivity index (χ4v) is 3.43. The van der Waals surface area contributed by atoms with Crippen LogP contribution in [-0.4, -0.2) is 23.9 Å². The number of hydrogen-bond donors (Lipinski definition) is 5. The first-order valence-electron chi connectivity index (χ1n) is 9.31. The predicted octanol–water partition coefficient (Wildman–Crippen LogP) is 2.23. The molecule has 10 heteroatoms. The van der Waals surface area contributed by atoms with Crippen LogP contribution in [-0.2, 0) is 19.4 Å². The highest BCUT2D eigenvalue weighted by Gasteiger charge is 2.42. The van der Waals surface area contributed by atoms with E-state index in [1.54, 1.807) is 30.5 Å². The van der Waals surface area contributed by atoms with Gasteiger partial charge in [-0.25, -0.2) is 4.98 Å². The number of pyridine rings is 1. The zero-order valence-electron chi connectivity index (χ0n) is 16.2. The van der Waals surface area contributed by atoms with E-state index in [2.05, 4.69) is 15.3 Å². The zero-order chi connectivity index (χ0) is 21.9. The van der Waals surface area contributed by atoms with Crippen molar-refractivity contribution in [2.24, 2.45) is 10.7 Å². The number of nitrogen functional groups attached to an aromatic ring is 3. The van der Waals surface area contributed by atoms with Crippen molar-refractivity contribution >= 4 is 23.5 Å². The summed E-state index contributed by atoms with van der Waals surface area (Å²) in [5.41, 5.74) is 26.3. The molecule has 9 N–H and O–H groups in total. The number of hydrogen-bond acceptors (Lipinski definition) is 7. The molecule has 160 valence electrons. The summed E-state index contributed by atoms with van der Waals surface area (Å²) in [5.74, 6) is 0.382. The van der Waals surface area contributed by atoms with Crippen molar-refractivity contribution in [3.63, 3.8) is 0 Å². The van der Waals surface area contributed by atoms with E-state index in [9.17, 15) is 13.2 Å². The number of aromatic nitrogens is 1. The minimum atomic E-state index is -4.35. The van der Waals surface area contributed by atoms with Crippen molar-refractivity contribution in [1.29, 1.82) is 0 Å². The van der Waals surface area contributed by atoms with E-state index >= 15 is 0 Å². The number of halogens is 3. The molecule has 0 aliphatic carbocycles. The maximum absolute atomic E-state index is 13.3. The van der Waals surface area contributed by atoms with Crippen LogP contribution in [0.1, 0.15) is 28.3 Å². The molecule has 1 aromatic carbocycles. The Balaban J connectivity index is 1.73. The molecule has 1 aliphatic heterocycles. The number of anilines is 3. The van der Waals surface area contributed by atoms with Gasteiger partial charge in [0.05, 0.1) is 12.2 Å². The summed E-state index contributed by atoms with van der Waals surface area (Å²) >= 11 is 0. The van der Waals surface area contributed by atoms with Gasteiger partial charge < -0.3 is 28.3 Å². The Bertz CT molecular complexity index is 983. The normalized spacial score (nSPS) is 17.3. The van der Waals surface area contributed by atoms with Gasteiger partial charge in [-0.2, -0.15) is 13.2 Å². The molecule has 7 nitrogen and oxygen atoms in total. The first kappa shape index (κ1) is 21.4. The molecule has 2 heterocycles. The van der Waals surface area contributed by atoms with Crippen molar-refractivity contribution in [1.82, 2.24) is 10.3 Å². The summed E-state index contributed by atoms with van der Waals surface area (Å²) in [7, 11) is 0. The maximum atomic E-state index is 13.3. The summed E-state index contributed by atoms with van der Waals surface area (Å²) < 4.78 is 39.9. The van der Waals surface area contributed by atoms with Gasteiger partial charge in [0.25, 0.3) is 0 Å². The Labute approximate surface area is 172 Å². The van der Waals surface area contributed by atoms with E-state index in [0.717, 1.165) is 0 Å². The topological polar surface area (TPSA) is 141 Å². The summed E-state index contributed by atoms with van der Waals surface area (Å²) in [6.07, 6.45) is -0.504. The molecule has 3 rings (SSSR count). The van der Waals surface area contributed by atoms with Crippen molar-refractivity contribution in [3.05, 3.63) is 58.3 Å². The van der Waals surface area contributed by atoms with Crippen LogP contribution in [0.4, 0.5) is 30.5 Å². The van der Waals surface area contributed by atoms with E-state index in [4.69, 9.17) is 22.9 Å². The fourth-order valence-electron chi connectivity index (χ4n) is 3.43. The molecule has 0 saturated carbocycles. The SMILES string of the molecule is NC=C(C=NCc1ccc2c(c1)C(C(F)(F)F)NCC2)Cc1cc(N)nc(N)c1N. The number of alkyl halides is 3. The number of nitrogens with two attached hydrogens (primary N) is 4. The number of nitrogens with one attached hydrogen (secondary N) is 1. The van der Waals surface area contributed by atoms with Crippen molar-refractivity contribution < 1.29 is 13.2 Å². The van der Waals surface area contributed by atoms with E-state index in [-0.39, 0.29) is 23.7 Å². The second kappa shape index (κ2) is 8.62. The maximum Gasteiger partial charge on any atom is 0.407 e. The largest absolute Gasteiger partial charge is 0.407 e. The molecule has 0 fully saturated rings. The molecule has 0 amide bonds. The highest BCUT2D eigenvalue weighted by molar-refractivity contribution is 5.80. The molecule has 30 heavy (non-hydrogen) atoms. The molecular formula is C20H24F3N7. The molecule has 2 aromatic rings. The van der Waals surface area contributed by atoms with E-state index in [1.807, 2.05) is 0 Å². The van der Waals surface area contributed by atoms with Gasteiger partial charge in [-0.1, -0.05) is 18.2 Å². The first-order valence-corrected chi connectivity index (χ1v) is 9.31. The summed E-state index contributed by atoms with van der Waals surface area (Å²) in [6.45, 7) is 0.512. The number of allylic oxidation sites excluding steroid dienone is 1. The van der Waals surface area contributed by atoms with Crippen molar-refractivity contribution in [2.45, 2.75) is 31.6 Å². The molecule has 0 bridgehead atoms. The van der Waals surface area contributed by atoms with Gasteiger partial charge in [0, 0.05) is 19.2 Å². The van der Waals surface area contributed by atoms with Crippen molar-refractivity contribution in [3.8, 4) is 0 Å². The molecule has 1 atom stereocenters. The lowest BCUT2D eigenvalue weighted by atomic mass is 9.92. The highest BCUT2D eigenvalue weighted by atomic mass is 19.4. The van der Waals surface area contributed by atoms with Crippen LogP contribution >= 0.6 is 0 Å². The number of aliphatic imine (C=N–C) groups is 1. The molecule has 0 radical (unpaired) electrons. The lowest BCUT2D eigenvalue weighted by Crippen LogP contribution is -2.39. The Hall–Kier alpha value is -3.27. The van der Waals surface area contributed by atoms with Gasteiger partial charge in [-0.3, -0.25) is 4.99 Å². The minimum absolute atomic E-state index is 0.139. The van der Waals surface area contributed by atoms with Crippen LogP contribution in [0.5, 0.6) is 0 Å². The quantitative estimate of drug-likeness (QED) is 0.471. The van der Waals surface area contributed by atoms with Crippen LogP contribution in [0.25, 0.3) is 0 Å². The third-order valence-electron chi connectivity index (χ3n) is 4.92. The Morgan fingerprint density at radius 2 is 2.00 bits per heavy atom. The Morgan fingerprint density at radius 3 is 2.70 bits per heavy atom. The average molecular weight is 419 g/mol. The van der Waals surface area contributed by atoms with Gasteiger partial charge in [-0.15, -0.1) is 0 Å². The first-order chi connectivity index (χ1) is 14.2. The number of nitrogens with zero attached hydrogens (tertiary/aromatic N) is 2. The second-order valence-corrected chi connectivity index (χ2v) is 7.11. The summed E-state index contributed by atoms with van der Waals surface area (Å²) in [4.78, 5) is 8.21. The molecule has 0 spiro atoms. The molecular weight excluding hydrogens is 395 g/mol. The van der Waals surface area contributed by atoms with Gasteiger partial charge in [0.15, 0.2) is 0 Å². The van der Waals surface area contributed by atoms with Crippen LogP contribution in [0.2, 0.25) is 0 Å². The molecule has 1 aliphatic rings. The van der Waals surface area contributed by atoms with Crippen LogP contribution in [0.15, 0.2) is 41.0 Å². The Morgan fingerprint density at radius 1 is 1.23 bits per heavy atom. The van der Waals surface area contributed by atoms with Gasteiger partial charge in [-0.05, 0) is 46.5 Å². The molecule has 0 saturated heterocycles. The van der Waals surface area contributed by atoms with Crippen molar-refractivity contribution in [2.75, 3.05) is 23.7 Å². The lowest BCUT2D eigenvalue weighted by molar-refractivity contribution is -0.158. The van der Waals surface area contributed by atoms with E-state index in [1.165, 1.54) is 6.20 Å². The predicted molar refractivity (Wildman–Crippen MR) is 113 cm³/mol. The van der Waals surface area contributed by atoms with E-state index in [0.29, 0.717) is 47.3 Å².